The summed E-state index contributed by atoms with van der Waals surface area (Å²) in [7, 11) is 0. The number of hydrogen-bond donors (Lipinski definition) is 1. The Morgan fingerprint density at radius 2 is 1.93 bits per heavy atom. The molecule has 0 aromatic carbocycles. The van der Waals surface area contributed by atoms with Crippen LogP contribution in [0, 0.1) is 29.6 Å². The third-order valence-electron chi connectivity index (χ3n) is 6.61. The molecule has 152 valence electrons. The lowest BCUT2D eigenvalue weighted by atomic mass is 9.54. The summed E-state index contributed by atoms with van der Waals surface area (Å²) in [6, 6.07) is 0.288. The fourth-order valence-electron chi connectivity index (χ4n) is 5.66. The van der Waals surface area contributed by atoms with Gasteiger partial charge in [-0.05, 0) is 67.8 Å². The van der Waals surface area contributed by atoms with Gasteiger partial charge in [0.1, 0.15) is 11.8 Å². The Hall–Kier alpha value is -2.11. The van der Waals surface area contributed by atoms with E-state index < -0.39 is 0 Å². The summed E-state index contributed by atoms with van der Waals surface area (Å²) in [6.45, 7) is 5.06. The van der Waals surface area contributed by atoms with Gasteiger partial charge in [-0.15, -0.1) is 0 Å². The second-order valence-electron chi connectivity index (χ2n) is 9.24. The Morgan fingerprint density at radius 3 is 2.54 bits per heavy atom. The Bertz CT molecular complexity index is 724. The number of aldehydes is 1. The van der Waals surface area contributed by atoms with Gasteiger partial charge in [-0.25, -0.2) is 4.68 Å². The van der Waals surface area contributed by atoms with Gasteiger partial charge in [0.2, 0.25) is 5.88 Å². The number of allylic oxidation sites excluding steroid dienone is 2. The lowest BCUT2D eigenvalue weighted by Gasteiger charge is -2.54. The van der Waals surface area contributed by atoms with Crippen LogP contribution in [0.5, 0.6) is 5.88 Å². The molecule has 4 saturated carbocycles. The van der Waals surface area contributed by atoms with Crippen LogP contribution in [0.25, 0.3) is 0 Å². The molecule has 0 spiro atoms. The molecule has 1 N–H and O–H groups in total. The molecule has 4 aliphatic rings. The van der Waals surface area contributed by atoms with E-state index in [1.165, 1.54) is 38.2 Å². The second-order valence-corrected chi connectivity index (χ2v) is 9.24. The van der Waals surface area contributed by atoms with Crippen LogP contribution in [0.3, 0.4) is 0 Å². The van der Waals surface area contributed by atoms with E-state index in [2.05, 4.69) is 24.3 Å². The largest absolute Gasteiger partial charge is 0.477 e. The second kappa shape index (κ2) is 8.10. The van der Waals surface area contributed by atoms with Crippen LogP contribution in [0.15, 0.2) is 18.3 Å². The molecule has 0 saturated heterocycles. The first-order chi connectivity index (χ1) is 13.5. The maximum atomic E-state index is 13.1. The summed E-state index contributed by atoms with van der Waals surface area (Å²) in [4.78, 5) is 23.7. The fourth-order valence-corrected chi connectivity index (χ4v) is 5.66. The summed E-state index contributed by atoms with van der Waals surface area (Å²) >= 11 is 0. The van der Waals surface area contributed by atoms with E-state index in [0.29, 0.717) is 42.3 Å². The van der Waals surface area contributed by atoms with Gasteiger partial charge in [0.15, 0.2) is 0 Å². The van der Waals surface area contributed by atoms with E-state index in [1.54, 1.807) is 17.0 Å². The van der Waals surface area contributed by atoms with Crippen molar-refractivity contribution in [3.8, 4) is 5.88 Å². The molecule has 4 aliphatic carbocycles. The third kappa shape index (κ3) is 3.87. The van der Waals surface area contributed by atoms with Gasteiger partial charge in [-0.3, -0.25) is 9.59 Å². The average molecular weight is 386 g/mol. The molecule has 4 fully saturated rings. The van der Waals surface area contributed by atoms with Crippen molar-refractivity contribution < 1.29 is 14.3 Å². The third-order valence-corrected chi connectivity index (χ3v) is 6.61. The first-order valence-corrected chi connectivity index (χ1v) is 10.6. The maximum Gasteiger partial charge on any atom is 0.258 e. The number of carbonyl (C=O) groups is 2. The first kappa shape index (κ1) is 19.2. The molecule has 0 unspecified atom stereocenters. The molecule has 6 nitrogen and oxygen atoms in total. The van der Waals surface area contributed by atoms with Crippen molar-refractivity contribution in [3.05, 3.63) is 23.9 Å². The van der Waals surface area contributed by atoms with Gasteiger partial charge in [0.05, 0.1) is 19.3 Å². The van der Waals surface area contributed by atoms with Gasteiger partial charge in [0, 0.05) is 6.04 Å². The molecule has 1 aromatic rings. The SMILES string of the molecule is CC(C)COc1c(C(=O)NC2C3CC4CC(C3)CC2C4)cnn1C/C=C/C=O. The van der Waals surface area contributed by atoms with Crippen LogP contribution >= 0.6 is 0 Å². The van der Waals surface area contributed by atoms with Crippen LogP contribution in [0.2, 0.25) is 0 Å². The Kier molecular flexibility index (Phi) is 5.56. The van der Waals surface area contributed by atoms with Gasteiger partial charge >= 0.3 is 0 Å². The number of amides is 1. The van der Waals surface area contributed by atoms with Crippen molar-refractivity contribution in [1.82, 2.24) is 15.1 Å². The van der Waals surface area contributed by atoms with Crippen molar-refractivity contribution in [2.24, 2.45) is 29.6 Å². The highest BCUT2D eigenvalue weighted by Gasteiger charge is 2.48. The predicted molar refractivity (Wildman–Crippen MR) is 106 cm³/mol. The Labute approximate surface area is 166 Å². The molecule has 0 radical (unpaired) electrons. The van der Waals surface area contributed by atoms with Gasteiger partial charge in [-0.1, -0.05) is 19.9 Å². The van der Waals surface area contributed by atoms with Crippen LogP contribution in [-0.2, 0) is 11.3 Å². The number of rotatable bonds is 8. The number of aromatic nitrogens is 2. The summed E-state index contributed by atoms with van der Waals surface area (Å²) < 4.78 is 7.59. The number of nitrogens with zero attached hydrogens (tertiary/aromatic N) is 2. The first-order valence-electron chi connectivity index (χ1n) is 10.6. The van der Waals surface area contributed by atoms with Gasteiger partial charge < -0.3 is 10.1 Å². The summed E-state index contributed by atoms with van der Waals surface area (Å²) in [5.41, 5.74) is 0.494. The van der Waals surface area contributed by atoms with Crippen LogP contribution in [-0.4, -0.2) is 34.6 Å². The smallest absolute Gasteiger partial charge is 0.258 e. The van der Waals surface area contributed by atoms with E-state index in [9.17, 15) is 9.59 Å². The van der Waals surface area contributed by atoms with Crippen molar-refractivity contribution in [1.29, 1.82) is 0 Å². The van der Waals surface area contributed by atoms with E-state index in [-0.39, 0.29) is 11.9 Å². The predicted octanol–water partition coefficient (Wildman–Crippen LogP) is 3.23. The average Bonchev–Trinajstić information content (AvgIpc) is 3.05. The standard InChI is InChI=1S/C22H31N3O3/c1-14(2)13-28-22-19(12-23-25(22)5-3-4-6-26)21(27)24-20-17-8-15-7-16(10-17)11-18(20)9-15/h3-4,6,12,14-18,20H,5,7-11,13H2,1-2H3,(H,24,27)/b4-3+. The van der Waals surface area contributed by atoms with Crippen LogP contribution in [0.4, 0.5) is 0 Å². The quantitative estimate of drug-likeness (QED) is 0.551. The molecule has 0 atom stereocenters. The zero-order valence-corrected chi connectivity index (χ0v) is 16.8. The van der Waals surface area contributed by atoms with Crippen LogP contribution < -0.4 is 10.1 Å². The molecule has 5 rings (SSSR count). The molecule has 1 heterocycles. The zero-order valence-electron chi connectivity index (χ0n) is 16.8. The van der Waals surface area contributed by atoms with E-state index in [0.717, 1.165) is 18.1 Å². The Morgan fingerprint density at radius 1 is 1.25 bits per heavy atom. The molecule has 1 amide bonds. The minimum atomic E-state index is -0.0816. The fraction of sp³-hybridized carbons (Fsp3) is 0.682. The highest BCUT2D eigenvalue weighted by molar-refractivity contribution is 5.96. The highest BCUT2D eigenvalue weighted by atomic mass is 16.5. The van der Waals surface area contributed by atoms with E-state index >= 15 is 0 Å². The summed E-state index contributed by atoms with van der Waals surface area (Å²) in [6.07, 6.45) is 11.9. The van der Waals surface area contributed by atoms with Crippen LogP contribution in [0.1, 0.15) is 56.3 Å². The van der Waals surface area contributed by atoms with Gasteiger partial charge in [0.25, 0.3) is 5.91 Å². The molecular weight excluding hydrogens is 354 g/mol. The summed E-state index contributed by atoms with van der Waals surface area (Å²) in [5, 5.41) is 7.68. The number of nitrogens with one attached hydrogen (secondary N) is 1. The molecule has 28 heavy (non-hydrogen) atoms. The lowest BCUT2D eigenvalue weighted by Crippen LogP contribution is -2.55. The molecule has 1 aromatic heterocycles. The van der Waals surface area contributed by atoms with E-state index in [1.807, 2.05) is 0 Å². The van der Waals surface area contributed by atoms with E-state index in [4.69, 9.17) is 4.74 Å². The molecule has 6 heteroatoms. The zero-order chi connectivity index (χ0) is 19.7. The number of carbonyl (C=O) groups excluding carboxylic acids is 2. The minimum Gasteiger partial charge on any atom is -0.477 e. The van der Waals surface area contributed by atoms with Gasteiger partial charge in [-0.2, -0.15) is 5.10 Å². The number of hydrogen-bond acceptors (Lipinski definition) is 4. The van der Waals surface area contributed by atoms with Crippen molar-refractivity contribution in [2.45, 2.75) is 58.5 Å². The maximum absolute atomic E-state index is 13.1. The van der Waals surface area contributed by atoms with Crippen molar-refractivity contribution in [2.75, 3.05) is 6.61 Å². The summed E-state index contributed by atoms with van der Waals surface area (Å²) in [5.74, 6) is 3.78. The number of ether oxygens (including phenoxy) is 1. The Balaban J connectivity index is 1.49. The minimum absolute atomic E-state index is 0.0816. The topological polar surface area (TPSA) is 73.2 Å². The highest BCUT2D eigenvalue weighted by Crippen LogP contribution is 2.53. The lowest BCUT2D eigenvalue weighted by molar-refractivity contribution is -0.104. The van der Waals surface area contributed by atoms with Crippen molar-refractivity contribution in [3.63, 3.8) is 0 Å². The monoisotopic (exact) mass is 385 g/mol. The normalized spacial score (nSPS) is 30.9. The molecule has 0 aliphatic heterocycles. The molecular formula is C22H31N3O3. The molecule has 4 bridgehead atoms. The van der Waals surface area contributed by atoms with Crippen molar-refractivity contribution >= 4 is 12.2 Å².